The lowest BCUT2D eigenvalue weighted by molar-refractivity contribution is -0.137. The molecule has 3 rings (SSSR count). The van der Waals surface area contributed by atoms with Crippen LogP contribution in [0.4, 0.5) is 13.2 Å². The highest BCUT2D eigenvalue weighted by atomic mass is 19.4. The molecular weight excluding hydrogens is 361 g/mol. The second-order valence-electron chi connectivity index (χ2n) is 5.97. The minimum atomic E-state index is -4.56. The number of benzene rings is 2. The monoisotopic (exact) mass is 376 g/mol. The van der Waals surface area contributed by atoms with Gasteiger partial charge in [0.15, 0.2) is 0 Å². The molecule has 4 nitrogen and oxygen atoms in total. The van der Waals surface area contributed by atoms with Crippen LogP contribution in [0.1, 0.15) is 34.8 Å². The first kappa shape index (κ1) is 18.7. The third-order valence-corrected chi connectivity index (χ3v) is 3.96. The summed E-state index contributed by atoms with van der Waals surface area (Å²) < 4.78 is 48.6. The Morgan fingerprint density at radius 3 is 2.59 bits per heavy atom. The van der Waals surface area contributed by atoms with Crippen molar-refractivity contribution in [3.63, 3.8) is 0 Å². The van der Waals surface area contributed by atoms with E-state index in [1.54, 1.807) is 6.07 Å². The van der Waals surface area contributed by atoms with Crippen molar-refractivity contribution in [2.24, 2.45) is 0 Å². The van der Waals surface area contributed by atoms with Crippen molar-refractivity contribution in [1.29, 1.82) is 0 Å². The lowest BCUT2D eigenvalue weighted by atomic mass is 10.1. The van der Waals surface area contributed by atoms with Gasteiger partial charge in [0.1, 0.15) is 11.3 Å². The number of halogens is 3. The molecule has 27 heavy (non-hydrogen) atoms. The Morgan fingerprint density at radius 1 is 1.11 bits per heavy atom. The van der Waals surface area contributed by atoms with E-state index in [9.17, 15) is 22.8 Å². The Kier molecular flexibility index (Phi) is 5.03. The smallest absolute Gasteiger partial charge is 0.416 e. The van der Waals surface area contributed by atoms with Gasteiger partial charge < -0.3 is 9.15 Å². The van der Waals surface area contributed by atoms with Crippen LogP contribution >= 0.6 is 0 Å². The van der Waals surface area contributed by atoms with Gasteiger partial charge in [-0.25, -0.2) is 9.59 Å². The second-order valence-corrected chi connectivity index (χ2v) is 5.97. The third kappa shape index (κ3) is 4.19. The fourth-order valence-corrected chi connectivity index (χ4v) is 2.74. The summed E-state index contributed by atoms with van der Waals surface area (Å²) in [5.41, 5.74) is -0.621. The minimum absolute atomic E-state index is 0.0710. The number of hydrogen-bond acceptors (Lipinski definition) is 4. The lowest BCUT2D eigenvalue weighted by Crippen LogP contribution is -2.11. The van der Waals surface area contributed by atoms with E-state index in [-0.39, 0.29) is 16.9 Å². The predicted molar refractivity (Wildman–Crippen MR) is 92.9 cm³/mol. The molecule has 140 valence electrons. The molecule has 0 aliphatic rings. The maximum atomic E-state index is 12.8. The van der Waals surface area contributed by atoms with Gasteiger partial charge in [-0.1, -0.05) is 19.4 Å². The van der Waals surface area contributed by atoms with Crippen molar-refractivity contribution in [2.75, 3.05) is 0 Å². The average molecular weight is 376 g/mol. The van der Waals surface area contributed by atoms with E-state index < -0.39 is 23.3 Å². The predicted octanol–water partition coefficient (Wildman–Crippen LogP) is 4.98. The van der Waals surface area contributed by atoms with Crippen LogP contribution in [0.25, 0.3) is 11.0 Å². The highest BCUT2D eigenvalue weighted by molar-refractivity contribution is 5.92. The summed E-state index contributed by atoms with van der Waals surface area (Å²) in [6, 6.07) is 9.92. The lowest BCUT2D eigenvalue weighted by Gasteiger charge is -2.09. The molecule has 0 amide bonds. The van der Waals surface area contributed by atoms with E-state index in [1.165, 1.54) is 24.3 Å². The van der Waals surface area contributed by atoms with Crippen molar-refractivity contribution in [3.05, 3.63) is 75.6 Å². The molecule has 1 aromatic heterocycles. The van der Waals surface area contributed by atoms with Gasteiger partial charge in [-0.2, -0.15) is 13.2 Å². The zero-order valence-corrected chi connectivity index (χ0v) is 14.3. The summed E-state index contributed by atoms with van der Waals surface area (Å²) in [7, 11) is 0. The highest BCUT2D eigenvalue weighted by Crippen LogP contribution is 2.30. The van der Waals surface area contributed by atoms with Crippen LogP contribution in [-0.2, 0) is 12.6 Å². The molecule has 0 aliphatic heterocycles. The van der Waals surface area contributed by atoms with Crippen molar-refractivity contribution >= 4 is 16.9 Å². The minimum Gasteiger partial charge on any atom is -0.423 e. The van der Waals surface area contributed by atoms with Gasteiger partial charge in [0, 0.05) is 17.5 Å². The first-order valence-electron chi connectivity index (χ1n) is 8.24. The molecule has 0 fully saturated rings. The summed E-state index contributed by atoms with van der Waals surface area (Å²) >= 11 is 0. The Morgan fingerprint density at radius 2 is 1.89 bits per heavy atom. The van der Waals surface area contributed by atoms with E-state index in [0.717, 1.165) is 35.6 Å². The summed E-state index contributed by atoms with van der Waals surface area (Å²) in [5.74, 6) is -0.866. The van der Waals surface area contributed by atoms with Crippen molar-refractivity contribution in [2.45, 2.75) is 25.9 Å². The summed E-state index contributed by atoms with van der Waals surface area (Å²) in [5, 5.41) is 0.718. The Labute approximate surface area is 152 Å². The van der Waals surface area contributed by atoms with Crippen LogP contribution in [0.2, 0.25) is 0 Å². The zero-order valence-electron chi connectivity index (χ0n) is 14.3. The van der Waals surface area contributed by atoms with Crippen LogP contribution in [0.15, 0.2) is 57.7 Å². The van der Waals surface area contributed by atoms with E-state index in [4.69, 9.17) is 9.15 Å². The van der Waals surface area contributed by atoms with Crippen LogP contribution in [-0.4, -0.2) is 5.97 Å². The molecular formula is C20H15F3O4. The molecule has 0 aliphatic carbocycles. The molecule has 0 saturated heterocycles. The van der Waals surface area contributed by atoms with Gasteiger partial charge in [0.05, 0.1) is 11.1 Å². The first-order valence-corrected chi connectivity index (χ1v) is 8.24. The van der Waals surface area contributed by atoms with Gasteiger partial charge >= 0.3 is 17.8 Å². The topological polar surface area (TPSA) is 56.5 Å². The summed E-state index contributed by atoms with van der Waals surface area (Å²) in [4.78, 5) is 23.9. The number of alkyl halides is 3. The van der Waals surface area contributed by atoms with Crippen molar-refractivity contribution in [1.82, 2.24) is 0 Å². The number of fused-ring (bicyclic) bond motifs is 1. The molecule has 0 atom stereocenters. The van der Waals surface area contributed by atoms with Crippen LogP contribution < -0.4 is 10.4 Å². The Balaban J connectivity index is 1.91. The maximum absolute atomic E-state index is 12.8. The number of esters is 1. The Hall–Kier alpha value is -3.09. The molecule has 2 aromatic carbocycles. The zero-order chi connectivity index (χ0) is 19.6. The van der Waals surface area contributed by atoms with Gasteiger partial charge in [-0.05, 0) is 42.3 Å². The van der Waals surface area contributed by atoms with E-state index in [2.05, 4.69) is 0 Å². The standard InChI is InChI=1S/C20H15F3O4/c1-2-4-12-10-18(24)27-17-11-15(7-8-16(12)17)26-19(25)13-5-3-6-14(9-13)20(21,22)23/h3,5-11H,2,4H2,1H3. The van der Waals surface area contributed by atoms with E-state index in [0.29, 0.717) is 6.42 Å². The molecule has 0 unspecified atom stereocenters. The van der Waals surface area contributed by atoms with Gasteiger partial charge in [0.25, 0.3) is 0 Å². The normalized spacial score (nSPS) is 11.6. The molecule has 7 heteroatoms. The molecule has 0 saturated carbocycles. The fraction of sp³-hybridized carbons (Fsp3) is 0.200. The summed E-state index contributed by atoms with van der Waals surface area (Å²) in [6.07, 6.45) is -3.03. The maximum Gasteiger partial charge on any atom is 0.416 e. The van der Waals surface area contributed by atoms with Crippen molar-refractivity contribution < 1.29 is 27.1 Å². The number of rotatable bonds is 4. The number of ether oxygens (including phenoxy) is 1. The van der Waals surface area contributed by atoms with E-state index in [1.807, 2.05) is 6.92 Å². The molecule has 3 aromatic rings. The van der Waals surface area contributed by atoms with E-state index >= 15 is 0 Å². The van der Waals surface area contributed by atoms with Gasteiger partial charge in [-0.3, -0.25) is 0 Å². The molecule has 0 spiro atoms. The van der Waals surface area contributed by atoms with Gasteiger partial charge in [-0.15, -0.1) is 0 Å². The number of aryl methyl sites for hydroxylation is 1. The first-order chi connectivity index (χ1) is 12.8. The largest absolute Gasteiger partial charge is 0.423 e. The SMILES string of the molecule is CCCc1cc(=O)oc2cc(OC(=O)c3cccc(C(F)(F)F)c3)ccc12. The second kappa shape index (κ2) is 7.26. The van der Waals surface area contributed by atoms with Crippen LogP contribution in [0.5, 0.6) is 5.75 Å². The summed E-state index contributed by atoms with van der Waals surface area (Å²) in [6.45, 7) is 1.98. The third-order valence-electron chi connectivity index (χ3n) is 3.96. The van der Waals surface area contributed by atoms with Crippen LogP contribution in [0, 0.1) is 0 Å². The Bertz CT molecular complexity index is 1050. The van der Waals surface area contributed by atoms with Crippen molar-refractivity contribution in [3.8, 4) is 5.75 Å². The molecule has 0 bridgehead atoms. The molecule has 0 N–H and O–H groups in total. The highest BCUT2D eigenvalue weighted by Gasteiger charge is 2.31. The van der Waals surface area contributed by atoms with Gasteiger partial charge in [0.2, 0.25) is 0 Å². The number of carbonyl (C=O) groups is 1. The quantitative estimate of drug-likeness (QED) is 0.366. The number of hydrogen-bond donors (Lipinski definition) is 0. The molecule has 0 radical (unpaired) electrons. The van der Waals surface area contributed by atoms with Crippen LogP contribution in [0.3, 0.4) is 0 Å². The average Bonchev–Trinajstić information content (AvgIpc) is 2.61. The number of carbonyl (C=O) groups excluding carboxylic acids is 1. The molecule has 1 heterocycles. The fourth-order valence-electron chi connectivity index (χ4n) is 2.74.